The summed E-state index contributed by atoms with van der Waals surface area (Å²) in [6.07, 6.45) is 1.52. The molecule has 4 aromatic carbocycles. The van der Waals surface area contributed by atoms with Gasteiger partial charge in [-0.15, -0.1) is 0 Å². The van der Waals surface area contributed by atoms with Gasteiger partial charge in [0.05, 0.1) is 16.1 Å². The van der Waals surface area contributed by atoms with E-state index in [9.17, 15) is 15.3 Å². The molecule has 0 radical (unpaired) electrons. The molecule has 4 aromatic rings. The molecule has 4 nitrogen and oxygen atoms in total. The summed E-state index contributed by atoms with van der Waals surface area (Å²) in [6, 6.07) is 20.1. The third-order valence-corrected chi connectivity index (χ3v) is 6.47. The standard InChI is InChI=1S/C29H19Cl2FN2O2/c1-2-6-20(35)11-17-7-5-8-21(12-17)36-29-26-18(14-24(30)28(29)31)13-19(15-33)23(16-34)27(26)22-9-3-4-10-25(22)32/h3-5,7-10,12-14H,2,6,11H2,1H3. The number of nitriles is 2. The summed E-state index contributed by atoms with van der Waals surface area (Å²) in [4.78, 5) is 12.1. The number of nitrogens with zero attached hydrogens (tertiary/aromatic N) is 2. The summed E-state index contributed by atoms with van der Waals surface area (Å²) >= 11 is 13.0. The van der Waals surface area contributed by atoms with E-state index in [4.69, 9.17) is 27.9 Å². The van der Waals surface area contributed by atoms with Crippen LogP contribution in [0, 0.1) is 28.5 Å². The first-order valence-electron chi connectivity index (χ1n) is 11.2. The number of halogens is 3. The van der Waals surface area contributed by atoms with E-state index in [-0.39, 0.29) is 50.3 Å². The zero-order valence-corrected chi connectivity index (χ0v) is 20.8. The van der Waals surface area contributed by atoms with Crippen molar-refractivity contribution in [2.75, 3.05) is 0 Å². The highest BCUT2D eigenvalue weighted by molar-refractivity contribution is 6.44. The Bertz CT molecular complexity index is 1590. The maximum absolute atomic E-state index is 15.0. The fraction of sp³-hybridized carbons (Fsp3) is 0.138. The Morgan fingerprint density at radius 1 is 1.03 bits per heavy atom. The average Bonchev–Trinajstić information content (AvgIpc) is 2.86. The second-order valence-corrected chi connectivity index (χ2v) is 8.98. The number of rotatable bonds is 7. The van der Waals surface area contributed by atoms with Crippen LogP contribution in [0.5, 0.6) is 11.5 Å². The van der Waals surface area contributed by atoms with E-state index in [1.807, 2.05) is 25.1 Å². The van der Waals surface area contributed by atoms with E-state index in [0.717, 1.165) is 12.0 Å². The largest absolute Gasteiger partial charge is 0.455 e. The van der Waals surface area contributed by atoms with Crippen molar-refractivity contribution in [3.63, 3.8) is 0 Å². The fourth-order valence-corrected chi connectivity index (χ4v) is 4.54. The molecule has 0 aliphatic rings. The molecule has 0 bridgehead atoms. The molecular formula is C29H19Cl2FN2O2. The van der Waals surface area contributed by atoms with Crippen molar-refractivity contribution in [2.24, 2.45) is 0 Å². The molecule has 0 spiro atoms. The number of Topliss-reactive ketones (excluding diaryl/α,β-unsaturated/α-hetero) is 1. The predicted octanol–water partition coefficient (Wildman–Crippen LogP) is 8.40. The van der Waals surface area contributed by atoms with Gasteiger partial charge in [0.25, 0.3) is 0 Å². The zero-order chi connectivity index (χ0) is 25.8. The van der Waals surface area contributed by atoms with E-state index in [1.165, 1.54) is 24.3 Å². The van der Waals surface area contributed by atoms with Gasteiger partial charge in [0, 0.05) is 29.4 Å². The van der Waals surface area contributed by atoms with Gasteiger partial charge in [-0.1, -0.05) is 60.5 Å². The van der Waals surface area contributed by atoms with E-state index >= 15 is 4.39 Å². The summed E-state index contributed by atoms with van der Waals surface area (Å²) in [5, 5.41) is 20.7. The van der Waals surface area contributed by atoms with E-state index in [1.54, 1.807) is 30.3 Å². The molecule has 0 aliphatic carbocycles. The molecule has 0 aromatic heterocycles. The molecule has 0 aliphatic heterocycles. The number of carbonyl (C=O) groups excluding carboxylic acids is 1. The molecule has 36 heavy (non-hydrogen) atoms. The van der Waals surface area contributed by atoms with Crippen molar-refractivity contribution in [3.05, 3.63) is 93.2 Å². The summed E-state index contributed by atoms with van der Waals surface area (Å²) in [5.74, 6) is 0.0596. The second-order valence-electron chi connectivity index (χ2n) is 8.19. The Hall–Kier alpha value is -3.90. The van der Waals surface area contributed by atoms with Gasteiger partial charge >= 0.3 is 0 Å². The zero-order valence-electron chi connectivity index (χ0n) is 19.2. The predicted molar refractivity (Wildman–Crippen MR) is 139 cm³/mol. The van der Waals surface area contributed by atoms with E-state index in [0.29, 0.717) is 22.9 Å². The normalized spacial score (nSPS) is 10.6. The Morgan fingerprint density at radius 2 is 1.81 bits per heavy atom. The van der Waals surface area contributed by atoms with Crippen LogP contribution in [0.2, 0.25) is 10.0 Å². The molecule has 0 unspecified atom stereocenters. The van der Waals surface area contributed by atoms with Crippen LogP contribution in [0.25, 0.3) is 21.9 Å². The van der Waals surface area contributed by atoms with Gasteiger partial charge < -0.3 is 4.74 Å². The lowest BCUT2D eigenvalue weighted by Crippen LogP contribution is -2.02. The number of benzene rings is 4. The fourth-order valence-electron chi connectivity index (χ4n) is 4.15. The maximum atomic E-state index is 15.0. The van der Waals surface area contributed by atoms with Crippen molar-refractivity contribution in [2.45, 2.75) is 26.2 Å². The van der Waals surface area contributed by atoms with Gasteiger partial charge in [-0.05, 0) is 47.7 Å². The third-order valence-electron chi connectivity index (χ3n) is 5.70. The molecule has 178 valence electrons. The smallest absolute Gasteiger partial charge is 0.156 e. The monoisotopic (exact) mass is 516 g/mol. The minimum Gasteiger partial charge on any atom is -0.455 e. The average molecular weight is 517 g/mol. The summed E-state index contributed by atoms with van der Waals surface area (Å²) in [5.41, 5.74) is 1.15. The second kappa shape index (κ2) is 10.8. The van der Waals surface area contributed by atoms with Crippen LogP contribution >= 0.6 is 23.2 Å². The van der Waals surface area contributed by atoms with Crippen LogP contribution in [-0.4, -0.2) is 5.78 Å². The molecule has 0 N–H and O–H groups in total. The van der Waals surface area contributed by atoms with Gasteiger partial charge in [0.15, 0.2) is 5.75 Å². The Balaban J connectivity index is 1.99. The highest BCUT2D eigenvalue weighted by Crippen LogP contribution is 2.47. The SMILES string of the molecule is CCCC(=O)Cc1cccc(Oc2c(Cl)c(Cl)cc3cc(C#N)c(C#N)c(-c4ccccc4F)c23)c1. The van der Waals surface area contributed by atoms with E-state index < -0.39 is 5.82 Å². The minimum atomic E-state index is -0.571. The first kappa shape index (κ1) is 25.2. The Labute approximate surface area is 218 Å². The first-order chi connectivity index (χ1) is 17.4. The maximum Gasteiger partial charge on any atom is 0.156 e. The quantitative estimate of drug-likeness (QED) is 0.247. The molecule has 4 rings (SSSR count). The number of hydrogen-bond acceptors (Lipinski definition) is 4. The van der Waals surface area contributed by atoms with Gasteiger partial charge in [-0.2, -0.15) is 10.5 Å². The van der Waals surface area contributed by atoms with Crippen LogP contribution in [0.1, 0.15) is 36.5 Å². The molecule has 0 atom stereocenters. The van der Waals surface area contributed by atoms with Gasteiger partial charge in [-0.25, -0.2) is 4.39 Å². The first-order valence-corrected chi connectivity index (χ1v) is 12.0. The number of ketones is 1. The van der Waals surface area contributed by atoms with Crippen LogP contribution in [0.3, 0.4) is 0 Å². The van der Waals surface area contributed by atoms with Crippen LogP contribution in [-0.2, 0) is 11.2 Å². The van der Waals surface area contributed by atoms with Crippen molar-refractivity contribution in [1.29, 1.82) is 10.5 Å². The van der Waals surface area contributed by atoms with Crippen molar-refractivity contribution in [1.82, 2.24) is 0 Å². The van der Waals surface area contributed by atoms with Gasteiger partial charge in [0.2, 0.25) is 0 Å². The highest BCUT2D eigenvalue weighted by atomic mass is 35.5. The van der Waals surface area contributed by atoms with Crippen molar-refractivity contribution < 1.29 is 13.9 Å². The van der Waals surface area contributed by atoms with Crippen molar-refractivity contribution >= 4 is 39.8 Å². The molecule has 7 heteroatoms. The number of hydrogen-bond donors (Lipinski definition) is 0. The number of fused-ring (bicyclic) bond motifs is 1. The van der Waals surface area contributed by atoms with Gasteiger partial charge in [-0.3, -0.25) is 4.79 Å². The molecule has 0 saturated carbocycles. The van der Waals surface area contributed by atoms with Crippen LogP contribution in [0.4, 0.5) is 4.39 Å². The number of ether oxygens (including phenoxy) is 1. The molecular weight excluding hydrogens is 498 g/mol. The summed E-state index contributed by atoms with van der Waals surface area (Å²) in [6.45, 7) is 1.95. The lowest BCUT2D eigenvalue weighted by atomic mass is 9.89. The lowest BCUT2D eigenvalue weighted by Gasteiger charge is -2.18. The molecule has 0 heterocycles. The van der Waals surface area contributed by atoms with E-state index in [2.05, 4.69) is 0 Å². The Morgan fingerprint density at radius 3 is 2.50 bits per heavy atom. The molecule has 0 amide bonds. The van der Waals surface area contributed by atoms with Crippen LogP contribution < -0.4 is 4.74 Å². The summed E-state index contributed by atoms with van der Waals surface area (Å²) in [7, 11) is 0. The minimum absolute atomic E-state index is 0.00254. The summed E-state index contributed by atoms with van der Waals surface area (Å²) < 4.78 is 21.2. The highest BCUT2D eigenvalue weighted by Gasteiger charge is 2.24. The van der Waals surface area contributed by atoms with Crippen LogP contribution in [0.15, 0.2) is 60.7 Å². The number of carbonyl (C=O) groups is 1. The van der Waals surface area contributed by atoms with Gasteiger partial charge in [0.1, 0.15) is 34.5 Å². The Kier molecular flexibility index (Phi) is 7.55. The molecule has 0 fully saturated rings. The lowest BCUT2D eigenvalue weighted by molar-refractivity contribution is -0.118. The van der Waals surface area contributed by atoms with Crippen molar-refractivity contribution in [3.8, 4) is 34.8 Å². The molecule has 0 saturated heterocycles. The third kappa shape index (κ3) is 4.90. The topological polar surface area (TPSA) is 73.9 Å².